The molecule has 0 aliphatic heterocycles. The second kappa shape index (κ2) is 11.9. The summed E-state index contributed by atoms with van der Waals surface area (Å²) in [5.41, 5.74) is 14.0. The minimum absolute atomic E-state index is 0.848. The lowest BCUT2D eigenvalue weighted by Gasteiger charge is -2.13. The first-order valence-electron chi connectivity index (χ1n) is 18.8. The first kappa shape index (κ1) is 30.7. The van der Waals surface area contributed by atoms with Crippen molar-refractivity contribution in [1.29, 1.82) is 0 Å². The number of aromatic nitrogens is 6. The summed E-state index contributed by atoms with van der Waals surface area (Å²) in [5.74, 6) is 1.71. The average Bonchev–Trinajstić information content (AvgIpc) is 3.86. The molecule has 0 unspecified atom stereocenters. The molecule has 8 aromatic carbocycles. The van der Waals surface area contributed by atoms with Gasteiger partial charge in [-0.3, -0.25) is 8.80 Å². The monoisotopic (exact) mass is 714 g/mol. The number of rotatable bonds is 4. The fourth-order valence-corrected chi connectivity index (χ4v) is 8.35. The summed E-state index contributed by atoms with van der Waals surface area (Å²) < 4.78 is 4.41. The lowest BCUT2D eigenvalue weighted by molar-refractivity contribution is 1.16. The molecule has 0 radical (unpaired) electrons. The van der Waals surface area contributed by atoms with Gasteiger partial charge in [0, 0.05) is 21.9 Å². The van der Waals surface area contributed by atoms with Gasteiger partial charge in [-0.15, -0.1) is 0 Å². The smallest absolute Gasteiger partial charge is 0.149 e. The Kier molecular flexibility index (Phi) is 6.53. The summed E-state index contributed by atoms with van der Waals surface area (Å²) >= 11 is 0. The maximum Gasteiger partial charge on any atom is 0.149 e. The van der Waals surface area contributed by atoms with E-state index in [0.717, 1.165) is 94.6 Å². The van der Waals surface area contributed by atoms with Crippen LogP contribution in [0.1, 0.15) is 0 Å². The molecule has 0 saturated heterocycles. The lowest BCUT2D eigenvalue weighted by Crippen LogP contribution is -1.99. The van der Waals surface area contributed by atoms with E-state index >= 15 is 0 Å². The minimum Gasteiger partial charge on any atom is -0.276 e. The molecular weight excluding hydrogens is 685 g/mol. The van der Waals surface area contributed by atoms with Gasteiger partial charge >= 0.3 is 0 Å². The molecule has 4 aromatic heterocycles. The fraction of sp³-hybridized carbons (Fsp3) is 0. The van der Waals surface area contributed by atoms with Crippen LogP contribution in [0.4, 0.5) is 0 Å². The maximum absolute atomic E-state index is 5.37. The van der Waals surface area contributed by atoms with Crippen molar-refractivity contribution in [2.45, 2.75) is 0 Å². The average molecular weight is 715 g/mol. The molecule has 4 heterocycles. The Morgan fingerprint density at radius 3 is 1.45 bits per heavy atom. The third-order valence-corrected chi connectivity index (χ3v) is 11.0. The highest BCUT2D eigenvalue weighted by atomic mass is 15.1. The van der Waals surface area contributed by atoms with Crippen molar-refractivity contribution in [3.8, 4) is 45.0 Å². The van der Waals surface area contributed by atoms with Crippen LogP contribution >= 0.6 is 0 Å². The van der Waals surface area contributed by atoms with Crippen LogP contribution in [0.2, 0.25) is 0 Å². The van der Waals surface area contributed by atoms with Crippen molar-refractivity contribution >= 4 is 65.9 Å². The van der Waals surface area contributed by atoms with E-state index in [-0.39, 0.29) is 0 Å². The predicted octanol–water partition coefficient (Wildman–Crippen LogP) is 12.2. The van der Waals surface area contributed by atoms with Gasteiger partial charge in [0.25, 0.3) is 0 Å². The van der Waals surface area contributed by atoms with Gasteiger partial charge in [0.1, 0.15) is 22.9 Å². The van der Waals surface area contributed by atoms with Crippen LogP contribution in [-0.4, -0.2) is 28.7 Å². The Bertz CT molecular complexity index is 3560. The number of para-hydroxylation sites is 5. The van der Waals surface area contributed by atoms with Gasteiger partial charge in [-0.1, -0.05) is 115 Å². The van der Waals surface area contributed by atoms with Crippen LogP contribution < -0.4 is 0 Å². The molecule has 0 aliphatic carbocycles. The lowest BCUT2D eigenvalue weighted by atomic mass is 9.99. The minimum atomic E-state index is 0.848. The molecule has 12 aromatic rings. The molecule has 0 amide bonds. The van der Waals surface area contributed by atoms with Gasteiger partial charge in [0.15, 0.2) is 0 Å². The number of nitrogens with zero attached hydrogens (tertiary/aromatic N) is 6. The van der Waals surface area contributed by atoms with Crippen molar-refractivity contribution in [3.05, 3.63) is 182 Å². The molecule has 6 heteroatoms. The van der Waals surface area contributed by atoms with E-state index in [1.807, 2.05) is 24.3 Å². The van der Waals surface area contributed by atoms with E-state index in [9.17, 15) is 0 Å². The molecule has 0 N–H and O–H groups in total. The number of benzene rings is 8. The number of hydrogen-bond acceptors (Lipinski definition) is 4. The zero-order valence-electron chi connectivity index (χ0n) is 30.0. The highest BCUT2D eigenvalue weighted by Crippen LogP contribution is 2.36. The number of fused-ring (bicyclic) bond motifs is 11. The van der Waals surface area contributed by atoms with Crippen molar-refractivity contribution in [2.24, 2.45) is 0 Å². The van der Waals surface area contributed by atoms with Crippen molar-refractivity contribution in [3.63, 3.8) is 0 Å². The highest BCUT2D eigenvalue weighted by molar-refractivity contribution is 6.01. The van der Waals surface area contributed by atoms with E-state index < -0.39 is 0 Å². The molecule has 0 bridgehead atoms. The Morgan fingerprint density at radius 2 is 0.768 bits per heavy atom. The zero-order chi connectivity index (χ0) is 36.7. The van der Waals surface area contributed by atoms with Gasteiger partial charge in [0.05, 0.1) is 33.1 Å². The zero-order valence-corrected chi connectivity index (χ0v) is 30.0. The third kappa shape index (κ3) is 4.69. The molecule has 0 saturated carbocycles. The Morgan fingerprint density at radius 1 is 0.286 bits per heavy atom. The molecule has 0 spiro atoms. The quantitative estimate of drug-likeness (QED) is 0.182. The SMILES string of the molecule is c1cc(-c2cccc(-c3nc4ccc(-c5ccc6ccccc6c5)cc4c4nc5ccccc5n34)c2)cc(-c2nc3ccccc3c3nc4ccccc4n23)c1. The normalized spacial score (nSPS) is 11.9. The standard InChI is InChI=1S/C50H30N6/c1-2-12-32-27-35(24-23-31(32)11-1)36-25-26-42-40(30-36)50-54-44-20-6-8-22-46(44)56(50)48(52-42)38-16-10-14-34(29-38)33-13-9-15-37(28-33)47-51-41-18-4-3-17-39(41)49-53-43-19-5-7-21-45(43)55(47)49/h1-30H. The second-order valence-corrected chi connectivity index (χ2v) is 14.4. The maximum atomic E-state index is 5.37. The molecule has 6 nitrogen and oxygen atoms in total. The molecule has 0 aliphatic rings. The second-order valence-electron chi connectivity index (χ2n) is 14.4. The van der Waals surface area contributed by atoms with Gasteiger partial charge in [-0.2, -0.15) is 0 Å². The summed E-state index contributed by atoms with van der Waals surface area (Å²) in [5, 5.41) is 4.49. The summed E-state index contributed by atoms with van der Waals surface area (Å²) in [6, 6.07) is 63.8. The van der Waals surface area contributed by atoms with E-state index in [0.29, 0.717) is 0 Å². The van der Waals surface area contributed by atoms with Gasteiger partial charge in [-0.05, 0) is 99.8 Å². The fourth-order valence-electron chi connectivity index (χ4n) is 8.35. The molecule has 0 atom stereocenters. The molecule has 0 fully saturated rings. The topological polar surface area (TPSA) is 60.4 Å². The van der Waals surface area contributed by atoms with Gasteiger partial charge in [0.2, 0.25) is 0 Å². The molecule has 12 rings (SSSR count). The molecule has 260 valence electrons. The third-order valence-electron chi connectivity index (χ3n) is 11.0. The summed E-state index contributed by atoms with van der Waals surface area (Å²) in [4.78, 5) is 20.9. The van der Waals surface area contributed by atoms with Crippen molar-refractivity contribution < 1.29 is 0 Å². The predicted molar refractivity (Wildman–Crippen MR) is 229 cm³/mol. The van der Waals surface area contributed by atoms with E-state index in [1.54, 1.807) is 0 Å². The summed E-state index contributed by atoms with van der Waals surface area (Å²) in [6.45, 7) is 0. The van der Waals surface area contributed by atoms with Crippen LogP contribution in [0.15, 0.2) is 182 Å². The van der Waals surface area contributed by atoms with E-state index in [2.05, 4.69) is 167 Å². The van der Waals surface area contributed by atoms with E-state index in [1.165, 1.54) is 16.3 Å². The first-order chi connectivity index (χ1) is 27.7. The summed E-state index contributed by atoms with van der Waals surface area (Å²) in [7, 11) is 0. The molecular formula is C50H30N6. The Hall–Kier alpha value is -7.70. The van der Waals surface area contributed by atoms with Crippen LogP contribution in [0.5, 0.6) is 0 Å². The van der Waals surface area contributed by atoms with Gasteiger partial charge in [-0.25, -0.2) is 19.9 Å². The van der Waals surface area contributed by atoms with Crippen LogP contribution in [0.25, 0.3) is 111 Å². The Balaban J connectivity index is 1.02. The van der Waals surface area contributed by atoms with E-state index in [4.69, 9.17) is 19.9 Å². The van der Waals surface area contributed by atoms with Crippen LogP contribution in [-0.2, 0) is 0 Å². The highest BCUT2D eigenvalue weighted by Gasteiger charge is 2.19. The summed E-state index contributed by atoms with van der Waals surface area (Å²) in [6.07, 6.45) is 0. The first-order valence-corrected chi connectivity index (χ1v) is 18.8. The van der Waals surface area contributed by atoms with Crippen molar-refractivity contribution in [1.82, 2.24) is 28.7 Å². The number of imidazole rings is 2. The molecule has 56 heavy (non-hydrogen) atoms. The van der Waals surface area contributed by atoms with Crippen molar-refractivity contribution in [2.75, 3.05) is 0 Å². The Labute approximate surface area is 320 Å². The van der Waals surface area contributed by atoms with Crippen LogP contribution in [0, 0.1) is 0 Å². The van der Waals surface area contributed by atoms with Gasteiger partial charge < -0.3 is 0 Å². The number of hydrogen-bond donors (Lipinski definition) is 0. The van der Waals surface area contributed by atoms with Crippen LogP contribution in [0.3, 0.4) is 0 Å². The largest absolute Gasteiger partial charge is 0.276 e.